The van der Waals surface area contributed by atoms with Crippen LogP contribution in [0.1, 0.15) is 68.5 Å². The number of hydrogen-bond acceptors (Lipinski definition) is 4. The fraction of sp³-hybridized carbons (Fsp3) is 0.588. The van der Waals surface area contributed by atoms with Gasteiger partial charge in [-0.1, -0.05) is 13.8 Å². The number of primary amides is 1. The molecule has 2 rings (SSSR count). The summed E-state index contributed by atoms with van der Waals surface area (Å²) in [5, 5.41) is 7.04. The molecule has 132 valence electrons. The van der Waals surface area contributed by atoms with E-state index in [0.29, 0.717) is 30.1 Å². The van der Waals surface area contributed by atoms with E-state index in [4.69, 9.17) is 10.2 Å². The lowest BCUT2D eigenvalue weighted by Gasteiger charge is -2.29. The topological polar surface area (TPSA) is 110 Å². The molecule has 0 saturated carbocycles. The van der Waals surface area contributed by atoms with Crippen LogP contribution in [0.3, 0.4) is 0 Å². The molecule has 1 aliphatic rings. The summed E-state index contributed by atoms with van der Waals surface area (Å²) >= 11 is 0. The SMILES string of the molecule is Cc1c(C(=O)NC(C)(C)C)oc2c1/C(=N\NC(N)=O)CC(C)(C)C2. The largest absolute Gasteiger partial charge is 0.455 e. The van der Waals surface area contributed by atoms with Crippen molar-refractivity contribution in [3.8, 4) is 0 Å². The molecule has 1 aromatic rings. The second-order valence-corrected chi connectivity index (χ2v) is 8.11. The lowest BCUT2D eigenvalue weighted by Crippen LogP contribution is -2.40. The second-order valence-electron chi connectivity index (χ2n) is 8.11. The Kier molecular flexibility index (Phi) is 4.48. The van der Waals surface area contributed by atoms with Gasteiger partial charge in [0.15, 0.2) is 5.76 Å². The van der Waals surface area contributed by atoms with Gasteiger partial charge >= 0.3 is 6.03 Å². The second kappa shape index (κ2) is 5.96. The van der Waals surface area contributed by atoms with E-state index in [-0.39, 0.29) is 16.9 Å². The first-order valence-electron chi connectivity index (χ1n) is 7.97. The minimum Gasteiger partial charge on any atom is -0.455 e. The van der Waals surface area contributed by atoms with E-state index in [1.54, 1.807) is 0 Å². The monoisotopic (exact) mass is 334 g/mol. The van der Waals surface area contributed by atoms with Gasteiger partial charge in [0.05, 0.1) is 5.71 Å². The smallest absolute Gasteiger partial charge is 0.332 e. The van der Waals surface area contributed by atoms with Crippen LogP contribution in [0.25, 0.3) is 0 Å². The van der Waals surface area contributed by atoms with Crippen molar-refractivity contribution in [1.29, 1.82) is 0 Å². The minimum atomic E-state index is -0.723. The number of hydrogen-bond donors (Lipinski definition) is 3. The number of furan rings is 1. The van der Waals surface area contributed by atoms with E-state index in [9.17, 15) is 9.59 Å². The van der Waals surface area contributed by atoms with Crippen LogP contribution in [0.5, 0.6) is 0 Å². The summed E-state index contributed by atoms with van der Waals surface area (Å²) < 4.78 is 5.88. The van der Waals surface area contributed by atoms with Gasteiger partial charge in [-0.15, -0.1) is 0 Å². The lowest BCUT2D eigenvalue weighted by molar-refractivity contribution is 0.0887. The molecule has 24 heavy (non-hydrogen) atoms. The number of urea groups is 1. The van der Waals surface area contributed by atoms with Gasteiger partial charge in [0.1, 0.15) is 5.76 Å². The molecule has 7 nitrogen and oxygen atoms in total. The lowest BCUT2D eigenvalue weighted by atomic mass is 9.75. The summed E-state index contributed by atoms with van der Waals surface area (Å²) in [6.07, 6.45) is 1.35. The molecular weight excluding hydrogens is 308 g/mol. The van der Waals surface area contributed by atoms with Crippen LogP contribution in [0.4, 0.5) is 4.79 Å². The molecule has 0 fully saturated rings. The first kappa shape index (κ1) is 18.0. The molecule has 0 unspecified atom stereocenters. The standard InChI is InChI=1S/C17H26N4O3/c1-9-12-10(20-21-15(18)23)7-17(5,6)8-11(12)24-13(9)14(22)19-16(2,3)4/h7-8H2,1-6H3,(H,19,22)(H3,18,21,23)/b20-10-. The van der Waals surface area contributed by atoms with Crippen LogP contribution in [0.2, 0.25) is 0 Å². The molecule has 0 aliphatic heterocycles. The highest BCUT2D eigenvalue weighted by atomic mass is 16.4. The predicted molar refractivity (Wildman–Crippen MR) is 92.0 cm³/mol. The van der Waals surface area contributed by atoms with Crippen LogP contribution in [-0.2, 0) is 6.42 Å². The minimum absolute atomic E-state index is 0.0901. The van der Waals surface area contributed by atoms with Crippen molar-refractivity contribution < 1.29 is 14.0 Å². The number of nitrogens with zero attached hydrogens (tertiary/aromatic N) is 1. The summed E-state index contributed by atoms with van der Waals surface area (Å²) in [7, 11) is 0. The molecule has 4 N–H and O–H groups in total. The summed E-state index contributed by atoms with van der Waals surface area (Å²) in [5.41, 5.74) is 9.14. The Morgan fingerprint density at radius 3 is 2.42 bits per heavy atom. The number of fused-ring (bicyclic) bond motifs is 1. The summed E-state index contributed by atoms with van der Waals surface area (Å²) in [4.78, 5) is 23.5. The van der Waals surface area contributed by atoms with Gasteiger partial charge in [-0.3, -0.25) is 4.79 Å². The predicted octanol–water partition coefficient (Wildman–Crippen LogP) is 2.46. The fourth-order valence-electron chi connectivity index (χ4n) is 2.95. The van der Waals surface area contributed by atoms with Crippen molar-refractivity contribution in [2.75, 3.05) is 0 Å². The fourth-order valence-corrected chi connectivity index (χ4v) is 2.95. The van der Waals surface area contributed by atoms with Gasteiger partial charge < -0.3 is 15.5 Å². The van der Waals surface area contributed by atoms with Crippen molar-refractivity contribution in [1.82, 2.24) is 10.7 Å². The third-order valence-corrected chi connectivity index (χ3v) is 3.79. The highest BCUT2D eigenvalue weighted by molar-refractivity contribution is 6.07. The van der Waals surface area contributed by atoms with Gasteiger partial charge in [0.25, 0.3) is 5.91 Å². The molecule has 0 atom stereocenters. The molecule has 1 aliphatic carbocycles. The van der Waals surface area contributed by atoms with Crippen LogP contribution in [0.15, 0.2) is 9.52 Å². The van der Waals surface area contributed by atoms with Crippen molar-refractivity contribution >= 4 is 17.6 Å². The Balaban J connectivity index is 2.47. The first-order chi connectivity index (χ1) is 10.9. The van der Waals surface area contributed by atoms with Gasteiger partial charge in [0.2, 0.25) is 0 Å². The highest BCUT2D eigenvalue weighted by Gasteiger charge is 2.36. The zero-order chi connectivity index (χ0) is 18.3. The zero-order valence-corrected chi connectivity index (χ0v) is 15.2. The number of carbonyl (C=O) groups excluding carboxylic acids is 2. The number of amides is 3. The molecule has 3 amide bonds. The van der Waals surface area contributed by atoms with E-state index < -0.39 is 6.03 Å². The number of carbonyl (C=O) groups is 2. The van der Waals surface area contributed by atoms with Crippen LogP contribution in [-0.4, -0.2) is 23.2 Å². The molecule has 7 heteroatoms. The molecule has 0 radical (unpaired) electrons. The number of hydrazone groups is 1. The Morgan fingerprint density at radius 2 is 1.88 bits per heavy atom. The highest BCUT2D eigenvalue weighted by Crippen LogP contribution is 2.38. The van der Waals surface area contributed by atoms with Gasteiger partial charge in [0, 0.05) is 23.1 Å². The van der Waals surface area contributed by atoms with E-state index in [2.05, 4.69) is 29.7 Å². The van der Waals surface area contributed by atoms with Crippen LogP contribution >= 0.6 is 0 Å². The maximum absolute atomic E-state index is 12.5. The van der Waals surface area contributed by atoms with Crippen molar-refractivity contribution in [2.45, 2.75) is 59.9 Å². The summed E-state index contributed by atoms with van der Waals surface area (Å²) in [6, 6.07) is -0.723. The summed E-state index contributed by atoms with van der Waals surface area (Å²) in [6.45, 7) is 11.7. The van der Waals surface area contributed by atoms with E-state index in [0.717, 1.165) is 11.1 Å². The van der Waals surface area contributed by atoms with Crippen molar-refractivity contribution in [3.05, 3.63) is 22.6 Å². The Morgan fingerprint density at radius 1 is 1.25 bits per heavy atom. The molecule has 0 bridgehead atoms. The van der Waals surface area contributed by atoms with Gasteiger partial charge in [-0.2, -0.15) is 5.10 Å². The van der Waals surface area contributed by atoms with E-state index in [1.807, 2.05) is 27.7 Å². The van der Waals surface area contributed by atoms with Crippen LogP contribution < -0.4 is 16.5 Å². The zero-order valence-electron chi connectivity index (χ0n) is 15.2. The van der Waals surface area contributed by atoms with Gasteiger partial charge in [-0.05, 0) is 39.5 Å². The number of rotatable bonds is 2. The third kappa shape index (κ3) is 3.96. The number of nitrogens with one attached hydrogen (secondary N) is 2. The Bertz CT molecular complexity index is 708. The average Bonchev–Trinajstić information content (AvgIpc) is 2.69. The van der Waals surface area contributed by atoms with Crippen molar-refractivity contribution in [3.63, 3.8) is 0 Å². The average molecular weight is 334 g/mol. The quantitative estimate of drug-likeness (QED) is 0.723. The third-order valence-electron chi connectivity index (χ3n) is 3.79. The normalized spacial score (nSPS) is 18.2. The molecule has 0 spiro atoms. The van der Waals surface area contributed by atoms with Crippen LogP contribution in [0, 0.1) is 12.3 Å². The Labute approximate surface area is 142 Å². The number of nitrogens with two attached hydrogens (primary N) is 1. The van der Waals surface area contributed by atoms with E-state index >= 15 is 0 Å². The maximum Gasteiger partial charge on any atom is 0.332 e. The maximum atomic E-state index is 12.5. The molecular formula is C17H26N4O3. The molecule has 0 saturated heterocycles. The molecule has 1 heterocycles. The molecule has 1 aromatic heterocycles. The Hall–Kier alpha value is -2.31. The van der Waals surface area contributed by atoms with Gasteiger partial charge in [-0.25, -0.2) is 10.2 Å². The van der Waals surface area contributed by atoms with Crippen molar-refractivity contribution in [2.24, 2.45) is 16.3 Å². The summed E-state index contributed by atoms with van der Waals surface area (Å²) in [5.74, 6) is 0.752. The first-order valence-corrected chi connectivity index (χ1v) is 7.97. The van der Waals surface area contributed by atoms with E-state index in [1.165, 1.54) is 0 Å². The molecule has 0 aromatic carbocycles.